The zero-order valence-electron chi connectivity index (χ0n) is 26.4. The van der Waals surface area contributed by atoms with Gasteiger partial charge in [0, 0.05) is 18.2 Å². The lowest BCUT2D eigenvalue weighted by Crippen LogP contribution is -2.54. The first kappa shape index (κ1) is 31.6. The minimum atomic E-state index is -1.03. The van der Waals surface area contributed by atoms with Crippen molar-refractivity contribution in [2.75, 3.05) is 5.32 Å². The van der Waals surface area contributed by atoms with E-state index < -0.39 is 23.8 Å². The van der Waals surface area contributed by atoms with Gasteiger partial charge in [-0.15, -0.1) is 0 Å². The van der Waals surface area contributed by atoms with Crippen LogP contribution in [-0.2, 0) is 20.7 Å². The number of carbonyl (C=O) groups is 3. The van der Waals surface area contributed by atoms with Crippen LogP contribution >= 0.6 is 0 Å². The number of alkyl carbamates (subject to hydrolysis) is 1. The van der Waals surface area contributed by atoms with E-state index in [1.165, 1.54) is 12.1 Å². The van der Waals surface area contributed by atoms with Crippen LogP contribution in [0.1, 0.15) is 56.8 Å². The van der Waals surface area contributed by atoms with Crippen molar-refractivity contribution in [3.05, 3.63) is 108 Å². The first-order valence-corrected chi connectivity index (χ1v) is 15.3. The first-order chi connectivity index (χ1) is 21.4. The fraction of sp³-hybridized carbons (Fsp3) is 0.324. The summed E-state index contributed by atoms with van der Waals surface area (Å²) in [7, 11) is 0. The third-order valence-electron chi connectivity index (χ3n) is 8.07. The molecule has 1 aliphatic carbocycles. The smallest absolute Gasteiger partial charge is 0.408 e. The molecule has 0 bridgehead atoms. The van der Waals surface area contributed by atoms with Crippen LogP contribution < -0.4 is 10.6 Å². The number of nitrogens with one attached hydrogen (secondary N) is 2. The van der Waals surface area contributed by atoms with E-state index in [9.17, 15) is 19.5 Å². The van der Waals surface area contributed by atoms with E-state index in [1.54, 1.807) is 37.8 Å². The van der Waals surface area contributed by atoms with Crippen LogP contribution in [-0.4, -0.2) is 45.6 Å². The Morgan fingerprint density at radius 2 is 1.58 bits per heavy atom. The molecule has 0 aromatic heterocycles. The Kier molecular flexibility index (Phi) is 9.14. The van der Waals surface area contributed by atoms with E-state index in [1.807, 2.05) is 73.7 Å². The van der Waals surface area contributed by atoms with Crippen LogP contribution in [0.5, 0.6) is 5.75 Å². The highest BCUT2D eigenvalue weighted by Gasteiger charge is 2.48. The topological polar surface area (TPSA) is 108 Å². The average Bonchev–Trinajstić information content (AvgIpc) is 3.71. The van der Waals surface area contributed by atoms with Crippen LogP contribution in [0.25, 0.3) is 10.8 Å². The monoisotopic (exact) mass is 607 g/mol. The zero-order chi connectivity index (χ0) is 32.3. The van der Waals surface area contributed by atoms with Crippen LogP contribution in [0.4, 0.5) is 10.5 Å². The minimum Gasteiger partial charge on any atom is -0.508 e. The molecule has 3 amide bonds. The second kappa shape index (κ2) is 13.0. The van der Waals surface area contributed by atoms with Crippen molar-refractivity contribution in [3.63, 3.8) is 0 Å². The maximum atomic E-state index is 14.7. The zero-order valence-corrected chi connectivity index (χ0v) is 26.4. The average molecular weight is 608 g/mol. The molecule has 234 valence electrons. The molecule has 1 saturated carbocycles. The number of benzene rings is 4. The number of anilines is 1. The van der Waals surface area contributed by atoms with Crippen molar-refractivity contribution < 1.29 is 24.2 Å². The number of hydrogen-bond donors (Lipinski definition) is 3. The van der Waals surface area contributed by atoms with Gasteiger partial charge in [0.25, 0.3) is 5.91 Å². The summed E-state index contributed by atoms with van der Waals surface area (Å²) in [5, 5.41) is 17.8. The lowest BCUT2D eigenvalue weighted by atomic mass is 9.96. The number of amides is 3. The molecular formula is C37H41N3O5. The molecule has 8 heteroatoms. The van der Waals surface area contributed by atoms with Gasteiger partial charge < -0.3 is 25.4 Å². The Morgan fingerprint density at radius 1 is 0.933 bits per heavy atom. The molecule has 1 aliphatic rings. The largest absolute Gasteiger partial charge is 0.508 e. The SMILES string of the molecule is Cc1ccccc1C(C(=O)Nc1ccc2ccccc2c1)N(C(=O)C(Cc1ccc(O)cc1)NC(=O)OC(C)(C)C)C1CC1C. The fourth-order valence-corrected chi connectivity index (χ4v) is 5.66. The highest BCUT2D eigenvalue weighted by atomic mass is 16.6. The summed E-state index contributed by atoms with van der Waals surface area (Å²) < 4.78 is 5.54. The number of aromatic hydroxyl groups is 1. The van der Waals surface area contributed by atoms with E-state index in [0.717, 1.165) is 28.3 Å². The van der Waals surface area contributed by atoms with Gasteiger partial charge >= 0.3 is 6.09 Å². The van der Waals surface area contributed by atoms with E-state index >= 15 is 0 Å². The minimum absolute atomic E-state index is 0.0974. The van der Waals surface area contributed by atoms with E-state index in [0.29, 0.717) is 11.3 Å². The molecule has 45 heavy (non-hydrogen) atoms. The van der Waals surface area contributed by atoms with Crippen molar-refractivity contribution in [2.24, 2.45) is 5.92 Å². The summed E-state index contributed by atoms with van der Waals surface area (Å²) in [6.45, 7) is 9.25. The summed E-state index contributed by atoms with van der Waals surface area (Å²) >= 11 is 0. The normalized spacial score (nSPS) is 17.2. The molecular weight excluding hydrogens is 566 g/mol. The van der Waals surface area contributed by atoms with Crippen LogP contribution in [0, 0.1) is 12.8 Å². The van der Waals surface area contributed by atoms with E-state index in [4.69, 9.17) is 4.74 Å². The Balaban J connectivity index is 1.54. The Hall–Kier alpha value is -4.85. The second-order valence-corrected chi connectivity index (χ2v) is 12.9. The quantitative estimate of drug-likeness (QED) is 0.192. The van der Waals surface area contributed by atoms with Gasteiger partial charge in [0.1, 0.15) is 23.4 Å². The number of phenols is 1. The molecule has 3 N–H and O–H groups in total. The van der Waals surface area contributed by atoms with Crippen LogP contribution in [0.3, 0.4) is 0 Å². The summed E-state index contributed by atoms with van der Waals surface area (Å²) in [6, 6.07) is 25.5. The molecule has 4 unspecified atom stereocenters. The molecule has 0 aliphatic heterocycles. The summed E-state index contributed by atoms with van der Waals surface area (Å²) in [6.07, 6.45) is 0.148. The number of hydrogen-bond acceptors (Lipinski definition) is 5. The molecule has 0 spiro atoms. The Morgan fingerprint density at radius 3 is 2.22 bits per heavy atom. The maximum absolute atomic E-state index is 14.7. The summed E-state index contributed by atoms with van der Waals surface area (Å²) in [5.41, 5.74) is 2.17. The van der Waals surface area contributed by atoms with Crippen molar-refractivity contribution in [1.29, 1.82) is 0 Å². The molecule has 1 fully saturated rings. The van der Waals surface area contributed by atoms with Gasteiger partial charge in [-0.1, -0.05) is 73.7 Å². The number of aryl methyl sites for hydroxylation is 1. The molecule has 4 aromatic rings. The fourth-order valence-electron chi connectivity index (χ4n) is 5.66. The van der Waals surface area contributed by atoms with Crippen LogP contribution in [0.2, 0.25) is 0 Å². The predicted molar refractivity (Wildman–Crippen MR) is 176 cm³/mol. The Labute approximate surface area is 264 Å². The molecule has 4 atom stereocenters. The second-order valence-electron chi connectivity index (χ2n) is 12.9. The number of phenolic OH excluding ortho intramolecular Hbond substituents is 1. The lowest BCUT2D eigenvalue weighted by Gasteiger charge is -2.35. The molecule has 4 aromatic carbocycles. The van der Waals surface area contributed by atoms with Gasteiger partial charge in [-0.3, -0.25) is 9.59 Å². The maximum Gasteiger partial charge on any atom is 0.408 e. The number of fused-ring (bicyclic) bond motifs is 1. The van der Waals surface area contributed by atoms with Gasteiger partial charge in [0.2, 0.25) is 5.91 Å². The highest BCUT2D eigenvalue weighted by Crippen LogP contribution is 2.42. The molecule has 0 saturated heterocycles. The molecule has 0 radical (unpaired) electrons. The van der Waals surface area contributed by atoms with Crippen molar-refractivity contribution in [3.8, 4) is 5.75 Å². The number of rotatable bonds is 9. The van der Waals surface area contributed by atoms with Crippen molar-refractivity contribution >= 4 is 34.4 Å². The van der Waals surface area contributed by atoms with Gasteiger partial charge in [-0.2, -0.15) is 0 Å². The summed E-state index contributed by atoms with van der Waals surface area (Å²) in [5.74, 6) is -0.456. The van der Waals surface area contributed by atoms with Gasteiger partial charge in [-0.05, 0) is 91.8 Å². The summed E-state index contributed by atoms with van der Waals surface area (Å²) in [4.78, 5) is 43.8. The standard InChI is InChI=1S/C37H41N3O5/c1-23-10-6-9-13-30(23)33(34(42)38-28-17-16-26-11-7-8-12-27(26)22-28)40(32-20-24(32)2)35(43)31(39-36(44)45-37(3,4)5)21-25-14-18-29(41)19-15-25/h6-19,22,24,31-33,41H,20-21H2,1-5H3,(H,38,42)(H,39,44). The highest BCUT2D eigenvalue weighted by molar-refractivity contribution is 6.01. The van der Waals surface area contributed by atoms with Crippen molar-refractivity contribution in [2.45, 2.75) is 71.2 Å². The third kappa shape index (κ3) is 7.81. The van der Waals surface area contributed by atoms with E-state index in [2.05, 4.69) is 17.6 Å². The number of carbonyl (C=O) groups excluding carboxylic acids is 3. The molecule has 8 nitrogen and oxygen atoms in total. The first-order valence-electron chi connectivity index (χ1n) is 15.3. The number of nitrogens with zero attached hydrogens (tertiary/aromatic N) is 1. The lowest BCUT2D eigenvalue weighted by molar-refractivity contribution is -0.141. The van der Waals surface area contributed by atoms with Crippen LogP contribution in [0.15, 0.2) is 91.0 Å². The Bertz CT molecular complexity index is 1690. The van der Waals surface area contributed by atoms with Gasteiger partial charge in [0.15, 0.2) is 0 Å². The van der Waals surface area contributed by atoms with Gasteiger partial charge in [-0.25, -0.2) is 4.79 Å². The third-order valence-corrected chi connectivity index (χ3v) is 8.07. The number of ether oxygens (including phenoxy) is 1. The molecule has 5 rings (SSSR count). The van der Waals surface area contributed by atoms with Crippen molar-refractivity contribution in [1.82, 2.24) is 10.2 Å². The van der Waals surface area contributed by atoms with Gasteiger partial charge in [0.05, 0.1) is 0 Å². The van der Waals surface area contributed by atoms with E-state index in [-0.39, 0.29) is 35.9 Å². The predicted octanol–water partition coefficient (Wildman–Crippen LogP) is 6.91. The molecule has 0 heterocycles.